The van der Waals surface area contributed by atoms with Gasteiger partial charge in [0.25, 0.3) is 0 Å². The van der Waals surface area contributed by atoms with Crippen LogP contribution in [0.3, 0.4) is 0 Å². The molecule has 0 saturated heterocycles. The standard InChI is InChI=1S/C24H24F3N3O2/c1-30(18-10-7-13-20(14-18)32-19-11-5-6-12-19)22-21(24(25,26)27)15-28-23(29-22)31-16-17-8-3-2-4-9-17/h2-4,7-10,13-15,19H,5-6,11-12,16H2,1H3. The van der Waals surface area contributed by atoms with Crippen LogP contribution in [0.25, 0.3) is 0 Å². The predicted octanol–water partition coefficient (Wildman–Crippen LogP) is 6.16. The van der Waals surface area contributed by atoms with Gasteiger partial charge in [-0.15, -0.1) is 0 Å². The Morgan fingerprint density at radius 3 is 2.50 bits per heavy atom. The van der Waals surface area contributed by atoms with Crippen LogP contribution in [0.4, 0.5) is 24.7 Å². The molecular weight excluding hydrogens is 419 g/mol. The van der Waals surface area contributed by atoms with Crippen LogP contribution in [0.15, 0.2) is 60.8 Å². The number of hydrogen-bond acceptors (Lipinski definition) is 5. The molecule has 8 heteroatoms. The molecule has 0 unspecified atom stereocenters. The molecule has 0 N–H and O–H groups in total. The Balaban J connectivity index is 1.59. The maximum atomic E-state index is 13.7. The minimum absolute atomic E-state index is 0.123. The zero-order valence-electron chi connectivity index (χ0n) is 17.7. The normalized spacial score (nSPS) is 14.4. The van der Waals surface area contributed by atoms with E-state index in [1.165, 1.54) is 11.9 Å². The molecule has 4 rings (SSSR count). The molecule has 1 aromatic heterocycles. The van der Waals surface area contributed by atoms with Crippen LogP contribution in [-0.2, 0) is 12.8 Å². The van der Waals surface area contributed by atoms with Gasteiger partial charge >= 0.3 is 12.2 Å². The van der Waals surface area contributed by atoms with E-state index in [0.717, 1.165) is 37.4 Å². The van der Waals surface area contributed by atoms with Crippen molar-refractivity contribution in [2.45, 2.75) is 44.6 Å². The lowest BCUT2D eigenvalue weighted by molar-refractivity contribution is -0.137. The van der Waals surface area contributed by atoms with Crippen LogP contribution in [0.5, 0.6) is 11.8 Å². The first kappa shape index (κ1) is 21.9. The molecule has 168 valence electrons. The van der Waals surface area contributed by atoms with Crippen LogP contribution < -0.4 is 14.4 Å². The van der Waals surface area contributed by atoms with Gasteiger partial charge in [-0.05, 0) is 43.4 Å². The van der Waals surface area contributed by atoms with Crippen molar-refractivity contribution >= 4 is 11.5 Å². The lowest BCUT2D eigenvalue weighted by Crippen LogP contribution is -2.19. The number of rotatable bonds is 7. The van der Waals surface area contributed by atoms with Crippen molar-refractivity contribution in [1.29, 1.82) is 0 Å². The molecule has 0 bridgehead atoms. The maximum absolute atomic E-state index is 13.7. The summed E-state index contributed by atoms with van der Waals surface area (Å²) in [6, 6.07) is 16.2. The third-order valence-corrected chi connectivity index (χ3v) is 5.39. The highest BCUT2D eigenvalue weighted by atomic mass is 19.4. The van der Waals surface area contributed by atoms with Gasteiger partial charge in [0.05, 0.1) is 6.10 Å². The van der Waals surface area contributed by atoms with Gasteiger partial charge in [-0.25, -0.2) is 4.98 Å². The second kappa shape index (κ2) is 9.46. The van der Waals surface area contributed by atoms with Crippen LogP contribution in [0.1, 0.15) is 36.8 Å². The molecule has 1 aliphatic rings. The molecule has 2 aromatic carbocycles. The molecule has 0 radical (unpaired) electrons. The third kappa shape index (κ3) is 5.30. The summed E-state index contributed by atoms with van der Waals surface area (Å²) in [5.74, 6) is 0.345. The van der Waals surface area contributed by atoms with E-state index in [2.05, 4.69) is 9.97 Å². The second-order valence-electron chi connectivity index (χ2n) is 7.74. The summed E-state index contributed by atoms with van der Waals surface area (Å²) in [4.78, 5) is 9.25. The smallest absolute Gasteiger partial charge is 0.421 e. The Morgan fingerprint density at radius 2 is 1.78 bits per heavy atom. The van der Waals surface area contributed by atoms with Gasteiger partial charge in [-0.2, -0.15) is 18.2 Å². The van der Waals surface area contributed by atoms with E-state index in [1.54, 1.807) is 18.2 Å². The minimum atomic E-state index is -4.61. The number of aromatic nitrogens is 2. The number of benzene rings is 2. The summed E-state index contributed by atoms with van der Waals surface area (Å²) in [5, 5.41) is 0. The molecule has 0 amide bonds. The lowest BCUT2D eigenvalue weighted by Gasteiger charge is -2.23. The summed E-state index contributed by atoms with van der Waals surface area (Å²) in [5.41, 5.74) is 0.454. The summed E-state index contributed by atoms with van der Waals surface area (Å²) in [6.45, 7) is 0.153. The molecule has 3 aromatic rings. The van der Waals surface area contributed by atoms with E-state index in [0.29, 0.717) is 11.4 Å². The molecule has 0 aliphatic heterocycles. The van der Waals surface area contributed by atoms with Gasteiger partial charge < -0.3 is 14.4 Å². The molecule has 0 atom stereocenters. The van der Waals surface area contributed by atoms with E-state index < -0.39 is 11.7 Å². The molecule has 1 aliphatic carbocycles. The largest absolute Gasteiger partial charge is 0.490 e. The summed E-state index contributed by atoms with van der Waals surface area (Å²) in [7, 11) is 1.53. The van der Waals surface area contributed by atoms with Crippen LogP contribution in [-0.4, -0.2) is 23.1 Å². The molecule has 1 fully saturated rings. The van der Waals surface area contributed by atoms with E-state index in [4.69, 9.17) is 9.47 Å². The highest BCUT2D eigenvalue weighted by Gasteiger charge is 2.37. The SMILES string of the molecule is CN(c1cccc(OC2CCCC2)c1)c1nc(OCc2ccccc2)ncc1C(F)(F)F. The third-order valence-electron chi connectivity index (χ3n) is 5.39. The molecule has 1 heterocycles. The number of anilines is 2. The average Bonchev–Trinajstić information content (AvgIpc) is 3.30. The van der Waals surface area contributed by atoms with E-state index >= 15 is 0 Å². The highest BCUT2D eigenvalue weighted by molar-refractivity contribution is 5.64. The zero-order chi connectivity index (χ0) is 22.6. The molecule has 5 nitrogen and oxygen atoms in total. The average molecular weight is 443 g/mol. The number of nitrogens with zero attached hydrogens (tertiary/aromatic N) is 3. The Morgan fingerprint density at radius 1 is 1.03 bits per heavy atom. The van der Waals surface area contributed by atoms with Crippen LogP contribution in [0, 0.1) is 0 Å². The Bertz CT molecular complexity index is 1040. The van der Waals surface area contributed by atoms with Gasteiger partial charge in [0.1, 0.15) is 17.9 Å². The van der Waals surface area contributed by atoms with Crippen molar-refractivity contribution in [3.8, 4) is 11.8 Å². The number of halogens is 3. The van der Waals surface area contributed by atoms with Gasteiger partial charge in [-0.3, -0.25) is 0 Å². The summed E-state index contributed by atoms with van der Waals surface area (Å²) in [6.07, 6.45) is 0.548. The Labute approximate surface area is 184 Å². The monoisotopic (exact) mass is 443 g/mol. The number of hydrogen-bond donors (Lipinski definition) is 0. The second-order valence-corrected chi connectivity index (χ2v) is 7.74. The Kier molecular flexibility index (Phi) is 6.48. The van der Waals surface area contributed by atoms with Crippen LogP contribution >= 0.6 is 0 Å². The lowest BCUT2D eigenvalue weighted by atomic mass is 10.2. The van der Waals surface area contributed by atoms with Crippen molar-refractivity contribution in [2.24, 2.45) is 0 Å². The van der Waals surface area contributed by atoms with E-state index in [-0.39, 0.29) is 24.5 Å². The fraction of sp³-hybridized carbons (Fsp3) is 0.333. The van der Waals surface area contributed by atoms with Crippen molar-refractivity contribution in [3.05, 3.63) is 71.9 Å². The van der Waals surface area contributed by atoms with Crippen LogP contribution in [0.2, 0.25) is 0 Å². The van der Waals surface area contributed by atoms with Gasteiger partial charge in [-0.1, -0.05) is 36.4 Å². The quantitative estimate of drug-likeness (QED) is 0.437. The fourth-order valence-electron chi connectivity index (χ4n) is 3.69. The molecule has 0 spiro atoms. The molecule has 32 heavy (non-hydrogen) atoms. The molecule has 1 saturated carbocycles. The van der Waals surface area contributed by atoms with Crippen molar-refractivity contribution in [1.82, 2.24) is 9.97 Å². The molecular formula is C24H24F3N3O2. The van der Waals surface area contributed by atoms with Crippen molar-refractivity contribution < 1.29 is 22.6 Å². The maximum Gasteiger partial charge on any atom is 0.421 e. The first-order valence-electron chi connectivity index (χ1n) is 10.5. The van der Waals surface area contributed by atoms with Crippen molar-refractivity contribution in [3.63, 3.8) is 0 Å². The van der Waals surface area contributed by atoms with Gasteiger partial charge in [0, 0.05) is 25.0 Å². The highest BCUT2D eigenvalue weighted by Crippen LogP contribution is 2.38. The van der Waals surface area contributed by atoms with Gasteiger partial charge in [0.2, 0.25) is 0 Å². The topological polar surface area (TPSA) is 47.5 Å². The first-order valence-corrected chi connectivity index (χ1v) is 10.5. The fourth-order valence-corrected chi connectivity index (χ4v) is 3.69. The van der Waals surface area contributed by atoms with Gasteiger partial charge in [0.15, 0.2) is 5.82 Å². The van der Waals surface area contributed by atoms with E-state index in [1.807, 2.05) is 36.4 Å². The predicted molar refractivity (Wildman–Crippen MR) is 115 cm³/mol. The zero-order valence-corrected chi connectivity index (χ0v) is 17.7. The summed E-state index contributed by atoms with van der Waals surface area (Å²) < 4.78 is 52.6. The first-order chi connectivity index (χ1) is 15.4. The minimum Gasteiger partial charge on any atom is -0.490 e. The Hall–Kier alpha value is -3.29. The van der Waals surface area contributed by atoms with Crippen molar-refractivity contribution in [2.75, 3.05) is 11.9 Å². The van der Waals surface area contributed by atoms with E-state index in [9.17, 15) is 13.2 Å². The number of alkyl halides is 3. The number of ether oxygens (including phenoxy) is 2. The summed E-state index contributed by atoms with van der Waals surface area (Å²) >= 11 is 0.